The van der Waals surface area contributed by atoms with Crippen LogP contribution in [-0.4, -0.2) is 19.9 Å². The summed E-state index contributed by atoms with van der Waals surface area (Å²) in [4.78, 5) is 16.2. The lowest BCUT2D eigenvalue weighted by atomic mass is 9.97. The average Bonchev–Trinajstić information content (AvgIpc) is 3.45. The van der Waals surface area contributed by atoms with Crippen LogP contribution < -0.4 is 5.32 Å². The predicted molar refractivity (Wildman–Crippen MR) is 119 cm³/mol. The highest BCUT2D eigenvalue weighted by atomic mass is 32.1. The maximum atomic E-state index is 13.8. The van der Waals surface area contributed by atoms with Crippen LogP contribution in [-0.2, 0) is 6.54 Å². The van der Waals surface area contributed by atoms with Crippen molar-refractivity contribution in [3.8, 4) is 22.4 Å². The molecule has 0 saturated carbocycles. The number of aromatic amines is 1. The van der Waals surface area contributed by atoms with Crippen LogP contribution in [0.5, 0.6) is 0 Å². The zero-order valence-electron chi connectivity index (χ0n) is 16.2. The Balaban J connectivity index is 1.60. The molecule has 0 fully saturated rings. The van der Waals surface area contributed by atoms with Crippen LogP contribution in [0.2, 0.25) is 0 Å². The Morgan fingerprint density at radius 2 is 1.93 bits per heavy atom. The molecule has 3 heterocycles. The number of H-pyrrole nitrogens is 1. The fraction of sp³-hybridized carbons (Fsp3) is 0.0870. The summed E-state index contributed by atoms with van der Waals surface area (Å²) in [5.41, 5.74) is 9.02. The van der Waals surface area contributed by atoms with E-state index in [9.17, 15) is 4.39 Å². The van der Waals surface area contributed by atoms with Gasteiger partial charge in [0.2, 0.25) is 0 Å². The van der Waals surface area contributed by atoms with E-state index in [0.717, 1.165) is 44.0 Å². The fourth-order valence-electron chi connectivity index (χ4n) is 3.40. The Morgan fingerprint density at radius 1 is 1.03 bits per heavy atom. The summed E-state index contributed by atoms with van der Waals surface area (Å²) in [6, 6.07) is 13.4. The molecule has 5 aromatic rings. The van der Waals surface area contributed by atoms with E-state index in [2.05, 4.69) is 38.5 Å². The van der Waals surface area contributed by atoms with Crippen molar-refractivity contribution >= 4 is 27.2 Å². The molecule has 3 aromatic heterocycles. The first kappa shape index (κ1) is 18.4. The molecule has 0 saturated heterocycles. The number of anilines is 1. The molecule has 0 spiro atoms. The minimum absolute atomic E-state index is 0.218. The molecular weight excluding hydrogens is 397 g/mol. The summed E-state index contributed by atoms with van der Waals surface area (Å²) in [5.74, 6) is -0.218. The van der Waals surface area contributed by atoms with E-state index in [1.807, 2.05) is 17.6 Å². The number of halogens is 1. The highest BCUT2D eigenvalue weighted by Crippen LogP contribution is 2.35. The van der Waals surface area contributed by atoms with Crippen molar-refractivity contribution < 1.29 is 4.39 Å². The summed E-state index contributed by atoms with van der Waals surface area (Å²) in [6.07, 6.45) is 5.25. The number of thiazole rings is 1. The van der Waals surface area contributed by atoms with Gasteiger partial charge in [-0.2, -0.15) is 0 Å². The van der Waals surface area contributed by atoms with Gasteiger partial charge in [0.1, 0.15) is 5.82 Å². The zero-order valence-corrected chi connectivity index (χ0v) is 17.0. The SMILES string of the molecule is Cc1cc(-c2ncc(NCc3cnc[nH]3)cc2-c2ccc3ncsc3c2)ccc1F. The molecule has 148 valence electrons. The van der Waals surface area contributed by atoms with Crippen LogP contribution in [0.3, 0.4) is 0 Å². The van der Waals surface area contributed by atoms with Crippen molar-refractivity contribution in [1.29, 1.82) is 0 Å². The molecule has 0 aliphatic carbocycles. The van der Waals surface area contributed by atoms with E-state index < -0.39 is 0 Å². The Labute approximate surface area is 176 Å². The van der Waals surface area contributed by atoms with Crippen molar-refractivity contribution in [1.82, 2.24) is 19.9 Å². The number of hydrogen-bond donors (Lipinski definition) is 2. The molecule has 7 heteroatoms. The van der Waals surface area contributed by atoms with Crippen LogP contribution in [0.1, 0.15) is 11.3 Å². The van der Waals surface area contributed by atoms with Crippen molar-refractivity contribution in [2.45, 2.75) is 13.5 Å². The molecular formula is C23H18FN5S. The number of benzene rings is 2. The molecule has 0 amide bonds. The van der Waals surface area contributed by atoms with Gasteiger partial charge in [-0.25, -0.2) is 14.4 Å². The van der Waals surface area contributed by atoms with E-state index in [1.54, 1.807) is 43.0 Å². The molecule has 0 unspecified atom stereocenters. The lowest BCUT2D eigenvalue weighted by molar-refractivity contribution is 0.619. The minimum Gasteiger partial charge on any atom is -0.378 e. The number of fused-ring (bicyclic) bond motifs is 1. The van der Waals surface area contributed by atoms with Crippen molar-refractivity contribution in [2.24, 2.45) is 0 Å². The second-order valence-electron chi connectivity index (χ2n) is 7.05. The number of nitrogens with one attached hydrogen (secondary N) is 2. The third-order valence-electron chi connectivity index (χ3n) is 5.00. The highest BCUT2D eigenvalue weighted by Gasteiger charge is 2.13. The number of aryl methyl sites for hydroxylation is 1. The first-order chi connectivity index (χ1) is 14.7. The normalized spacial score (nSPS) is 11.1. The van der Waals surface area contributed by atoms with Gasteiger partial charge < -0.3 is 10.3 Å². The summed E-state index contributed by atoms with van der Waals surface area (Å²) < 4.78 is 14.9. The lowest BCUT2D eigenvalue weighted by Crippen LogP contribution is -2.01. The molecule has 2 N–H and O–H groups in total. The molecule has 0 bridgehead atoms. The molecule has 0 radical (unpaired) electrons. The number of aromatic nitrogens is 4. The molecule has 2 aromatic carbocycles. The van der Waals surface area contributed by atoms with E-state index >= 15 is 0 Å². The van der Waals surface area contributed by atoms with Gasteiger partial charge in [0.25, 0.3) is 0 Å². The van der Waals surface area contributed by atoms with E-state index in [-0.39, 0.29) is 5.82 Å². The maximum Gasteiger partial charge on any atom is 0.126 e. The quantitative estimate of drug-likeness (QED) is 0.380. The molecule has 5 nitrogen and oxygen atoms in total. The summed E-state index contributed by atoms with van der Waals surface area (Å²) in [5, 5.41) is 3.39. The van der Waals surface area contributed by atoms with Gasteiger partial charge >= 0.3 is 0 Å². The summed E-state index contributed by atoms with van der Waals surface area (Å²) in [7, 11) is 0. The van der Waals surface area contributed by atoms with Gasteiger partial charge in [-0.05, 0) is 54.4 Å². The van der Waals surface area contributed by atoms with Crippen LogP contribution in [0.25, 0.3) is 32.6 Å². The Morgan fingerprint density at radius 3 is 2.77 bits per heavy atom. The van der Waals surface area contributed by atoms with Crippen molar-refractivity contribution in [3.63, 3.8) is 0 Å². The lowest BCUT2D eigenvalue weighted by Gasteiger charge is -2.13. The van der Waals surface area contributed by atoms with Gasteiger partial charge in [-0.15, -0.1) is 11.3 Å². The minimum atomic E-state index is -0.218. The number of hydrogen-bond acceptors (Lipinski definition) is 5. The third-order valence-corrected chi connectivity index (χ3v) is 5.79. The smallest absolute Gasteiger partial charge is 0.126 e. The zero-order chi connectivity index (χ0) is 20.5. The molecule has 0 aliphatic rings. The Kier molecular flexibility index (Phi) is 4.72. The predicted octanol–water partition coefficient (Wildman–Crippen LogP) is 5.81. The van der Waals surface area contributed by atoms with Gasteiger partial charge in [-0.1, -0.05) is 6.07 Å². The van der Waals surface area contributed by atoms with Crippen molar-refractivity contribution in [3.05, 3.63) is 83.8 Å². The molecule has 5 rings (SSSR count). The molecule has 0 atom stereocenters. The average molecular weight is 415 g/mol. The second-order valence-corrected chi connectivity index (χ2v) is 7.94. The van der Waals surface area contributed by atoms with Crippen LogP contribution >= 0.6 is 11.3 Å². The van der Waals surface area contributed by atoms with Gasteiger partial charge in [-0.3, -0.25) is 4.98 Å². The van der Waals surface area contributed by atoms with Gasteiger partial charge in [0.15, 0.2) is 0 Å². The van der Waals surface area contributed by atoms with E-state index in [0.29, 0.717) is 12.1 Å². The summed E-state index contributed by atoms with van der Waals surface area (Å²) in [6.45, 7) is 2.38. The second kappa shape index (κ2) is 7.68. The van der Waals surface area contributed by atoms with Crippen LogP contribution in [0, 0.1) is 12.7 Å². The summed E-state index contributed by atoms with van der Waals surface area (Å²) >= 11 is 1.61. The first-order valence-corrected chi connectivity index (χ1v) is 10.4. The van der Waals surface area contributed by atoms with Crippen LogP contribution in [0.4, 0.5) is 10.1 Å². The van der Waals surface area contributed by atoms with Crippen molar-refractivity contribution in [2.75, 3.05) is 5.32 Å². The largest absolute Gasteiger partial charge is 0.378 e. The molecule has 30 heavy (non-hydrogen) atoms. The standard InChI is InChI=1S/C23H18FN5S/c1-14-6-16(2-4-20(14)24)23-19(15-3-5-21-22(7-15)30-13-29-21)8-17(10-27-23)26-11-18-9-25-12-28-18/h2-10,12-13,26H,11H2,1H3,(H,25,28). The van der Waals surface area contributed by atoms with Gasteiger partial charge in [0, 0.05) is 17.3 Å². The molecule has 0 aliphatic heterocycles. The first-order valence-electron chi connectivity index (χ1n) is 9.49. The third kappa shape index (κ3) is 3.55. The monoisotopic (exact) mass is 415 g/mol. The number of nitrogens with zero attached hydrogens (tertiary/aromatic N) is 3. The van der Waals surface area contributed by atoms with Gasteiger partial charge in [0.05, 0.1) is 51.9 Å². The number of rotatable bonds is 5. The highest BCUT2D eigenvalue weighted by molar-refractivity contribution is 7.16. The van der Waals surface area contributed by atoms with Crippen LogP contribution in [0.15, 0.2) is 66.7 Å². The number of pyridine rings is 1. The topological polar surface area (TPSA) is 66.5 Å². The Hall–Kier alpha value is -3.58. The fourth-order valence-corrected chi connectivity index (χ4v) is 4.12. The number of imidazole rings is 1. The van der Waals surface area contributed by atoms with E-state index in [1.165, 1.54) is 6.07 Å². The van der Waals surface area contributed by atoms with E-state index in [4.69, 9.17) is 4.98 Å². The maximum absolute atomic E-state index is 13.8. The Bertz CT molecular complexity index is 1330.